The first-order chi connectivity index (χ1) is 7.18. The van der Waals surface area contributed by atoms with Crippen LogP contribution in [0, 0.1) is 0 Å². The third-order valence-electron chi connectivity index (χ3n) is 1.99. The normalized spacial score (nSPS) is 12.0. The van der Waals surface area contributed by atoms with Gasteiger partial charge >= 0.3 is 0 Å². The fourth-order valence-corrected chi connectivity index (χ4v) is 1.62. The molecule has 0 radical (unpaired) electrons. The van der Waals surface area contributed by atoms with Gasteiger partial charge in [0.25, 0.3) is 0 Å². The number of nitrogens with two attached hydrogens (primary N) is 1. The van der Waals surface area contributed by atoms with Crippen LogP contribution in [-0.4, -0.2) is 10.8 Å². The lowest BCUT2D eigenvalue weighted by Gasteiger charge is -2.02. The Balaban J connectivity index is 2.77. The summed E-state index contributed by atoms with van der Waals surface area (Å²) in [6, 6.07) is 7.37. The monoisotopic (exact) mass is 219 g/mol. The molecule has 15 heavy (non-hydrogen) atoms. The summed E-state index contributed by atoms with van der Waals surface area (Å²) >= 11 is 6.05. The quantitative estimate of drug-likeness (QED) is 0.592. The summed E-state index contributed by atoms with van der Waals surface area (Å²) in [6.45, 7) is 1.74. The van der Waals surface area contributed by atoms with Crippen molar-refractivity contribution in [2.75, 3.05) is 0 Å². The number of nitrogens with zero attached hydrogens (tertiary/aromatic N) is 2. The topological polar surface area (TPSA) is 51.3 Å². The molecule has 0 aliphatic rings. The van der Waals surface area contributed by atoms with E-state index in [1.165, 1.54) is 0 Å². The minimum atomic E-state index is 0.504. The van der Waals surface area contributed by atoms with Gasteiger partial charge in [-0.2, -0.15) is 0 Å². The number of rotatable bonds is 1. The summed E-state index contributed by atoms with van der Waals surface area (Å²) in [7, 11) is 0. The van der Waals surface area contributed by atoms with Crippen molar-refractivity contribution in [2.24, 2.45) is 10.7 Å². The highest BCUT2D eigenvalue weighted by molar-refractivity contribution is 6.35. The van der Waals surface area contributed by atoms with Gasteiger partial charge in [0, 0.05) is 11.6 Å². The Bertz CT molecular complexity index is 530. The average molecular weight is 220 g/mol. The maximum Gasteiger partial charge on any atom is 0.0974 e. The van der Waals surface area contributed by atoms with Crippen LogP contribution in [0.4, 0.5) is 5.69 Å². The molecule has 0 fully saturated rings. The molecule has 1 heterocycles. The Morgan fingerprint density at radius 2 is 2.20 bits per heavy atom. The molecule has 4 heteroatoms. The summed E-state index contributed by atoms with van der Waals surface area (Å²) < 4.78 is 0. The molecular formula is C11H10ClN3. The molecule has 2 rings (SSSR count). The molecule has 1 aromatic heterocycles. The van der Waals surface area contributed by atoms with Gasteiger partial charge in [0.1, 0.15) is 0 Å². The minimum Gasteiger partial charge on any atom is -0.387 e. The average Bonchev–Trinajstić information content (AvgIpc) is 2.22. The van der Waals surface area contributed by atoms with Gasteiger partial charge in [-0.1, -0.05) is 11.6 Å². The molecule has 0 aliphatic heterocycles. The number of benzene rings is 1. The van der Waals surface area contributed by atoms with Crippen LogP contribution in [0.1, 0.15) is 6.92 Å². The van der Waals surface area contributed by atoms with Crippen molar-refractivity contribution in [3.63, 3.8) is 0 Å². The Morgan fingerprint density at radius 3 is 2.93 bits per heavy atom. The van der Waals surface area contributed by atoms with E-state index in [0.29, 0.717) is 10.9 Å². The fraction of sp³-hybridized carbons (Fsp3) is 0.0909. The van der Waals surface area contributed by atoms with Gasteiger partial charge in [-0.25, -0.2) is 4.99 Å². The van der Waals surface area contributed by atoms with Gasteiger partial charge in [0.15, 0.2) is 0 Å². The lowest BCUT2D eigenvalue weighted by Crippen LogP contribution is -2.03. The van der Waals surface area contributed by atoms with E-state index < -0.39 is 0 Å². The number of halogens is 1. The van der Waals surface area contributed by atoms with E-state index in [1.807, 2.05) is 18.2 Å². The molecule has 1 aromatic carbocycles. The Hall–Kier alpha value is -1.61. The van der Waals surface area contributed by atoms with Gasteiger partial charge in [-0.3, -0.25) is 4.98 Å². The number of fused-ring (bicyclic) bond motifs is 1. The van der Waals surface area contributed by atoms with Crippen LogP contribution in [0.3, 0.4) is 0 Å². The van der Waals surface area contributed by atoms with E-state index in [1.54, 1.807) is 19.2 Å². The zero-order chi connectivity index (χ0) is 10.8. The zero-order valence-electron chi connectivity index (χ0n) is 8.24. The minimum absolute atomic E-state index is 0.504. The second-order valence-corrected chi connectivity index (χ2v) is 3.63. The molecule has 3 nitrogen and oxygen atoms in total. The standard InChI is InChI=1S/C11H10ClN3/c1-7(13)15-10-5-4-9(12)8-3-2-6-14-11(8)10/h2-6H,1H3,(H2,13,15). The number of aliphatic imine (C=N–C) groups is 1. The van der Waals surface area contributed by atoms with Crippen LogP contribution in [0.15, 0.2) is 35.5 Å². The molecule has 0 saturated carbocycles. The van der Waals surface area contributed by atoms with Crippen molar-refractivity contribution in [1.29, 1.82) is 0 Å². The Labute approximate surface area is 92.6 Å². The number of hydrogen-bond donors (Lipinski definition) is 1. The molecule has 0 aliphatic carbocycles. The van der Waals surface area contributed by atoms with E-state index >= 15 is 0 Å². The van der Waals surface area contributed by atoms with Crippen molar-refractivity contribution in [2.45, 2.75) is 6.92 Å². The number of hydrogen-bond acceptors (Lipinski definition) is 2. The van der Waals surface area contributed by atoms with Crippen LogP contribution in [-0.2, 0) is 0 Å². The molecule has 0 bridgehead atoms. The summed E-state index contributed by atoms with van der Waals surface area (Å²) in [5.41, 5.74) is 7.06. The van der Waals surface area contributed by atoms with Gasteiger partial charge in [-0.05, 0) is 31.2 Å². The molecule has 0 saturated heterocycles. The summed E-state index contributed by atoms with van der Waals surface area (Å²) in [5.74, 6) is 0.504. The van der Waals surface area contributed by atoms with Gasteiger partial charge in [0.05, 0.1) is 22.1 Å². The molecule has 76 valence electrons. The maximum absolute atomic E-state index is 6.05. The molecule has 0 unspecified atom stereocenters. The second-order valence-electron chi connectivity index (χ2n) is 3.22. The summed E-state index contributed by atoms with van der Waals surface area (Å²) in [6.07, 6.45) is 1.71. The molecular weight excluding hydrogens is 210 g/mol. The SMILES string of the molecule is CC(N)=Nc1ccc(Cl)c2cccnc12. The van der Waals surface area contributed by atoms with Crippen LogP contribution in [0.25, 0.3) is 10.9 Å². The number of amidine groups is 1. The van der Waals surface area contributed by atoms with E-state index in [-0.39, 0.29) is 0 Å². The molecule has 2 N–H and O–H groups in total. The Morgan fingerprint density at radius 1 is 1.40 bits per heavy atom. The van der Waals surface area contributed by atoms with Crippen molar-refractivity contribution < 1.29 is 0 Å². The van der Waals surface area contributed by atoms with E-state index in [2.05, 4.69) is 9.98 Å². The van der Waals surface area contributed by atoms with E-state index in [9.17, 15) is 0 Å². The Kier molecular flexibility index (Phi) is 2.56. The molecule has 2 aromatic rings. The van der Waals surface area contributed by atoms with E-state index in [4.69, 9.17) is 17.3 Å². The van der Waals surface area contributed by atoms with Crippen molar-refractivity contribution in [3.05, 3.63) is 35.5 Å². The number of aromatic nitrogens is 1. The lowest BCUT2D eigenvalue weighted by molar-refractivity contribution is 1.38. The van der Waals surface area contributed by atoms with Crippen LogP contribution in [0.2, 0.25) is 5.02 Å². The van der Waals surface area contributed by atoms with Gasteiger partial charge in [0.2, 0.25) is 0 Å². The van der Waals surface area contributed by atoms with E-state index in [0.717, 1.165) is 16.6 Å². The highest BCUT2D eigenvalue weighted by Gasteiger charge is 2.04. The summed E-state index contributed by atoms with van der Waals surface area (Å²) in [4.78, 5) is 8.45. The van der Waals surface area contributed by atoms with Crippen LogP contribution >= 0.6 is 11.6 Å². The van der Waals surface area contributed by atoms with Crippen LogP contribution < -0.4 is 5.73 Å². The molecule has 0 atom stereocenters. The smallest absolute Gasteiger partial charge is 0.0974 e. The van der Waals surface area contributed by atoms with Gasteiger partial charge in [-0.15, -0.1) is 0 Å². The predicted octanol–water partition coefficient (Wildman–Crippen LogP) is 2.90. The first kappa shape index (κ1) is 9.93. The lowest BCUT2D eigenvalue weighted by atomic mass is 10.2. The zero-order valence-corrected chi connectivity index (χ0v) is 8.99. The first-order valence-electron chi connectivity index (χ1n) is 4.52. The highest BCUT2D eigenvalue weighted by atomic mass is 35.5. The highest BCUT2D eigenvalue weighted by Crippen LogP contribution is 2.29. The maximum atomic E-state index is 6.05. The van der Waals surface area contributed by atoms with Crippen LogP contribution in [0.5, 0.6) is 0 Å². The fourth-order valence-electron chi connectivity index (χ4n) is 1.40. The summed E-state index contributed by atoms with van der Waals surface area (Å²) in [5, 5.41) is 1.56. The second kappa shape index (κ2) is 3.87. The number of pyridine rings is 1. The first-order valence-corrected chi connectivity index (χ1v) is 4.90. The van der Waals surface area contributed by atoms with Crippen molar-refractivity contribution in [3.8, 4) is 0 Å². The molecule has 0 spiro atoms. The predicted molar refractivity (Wildman–Crippen MR) is 63.7 cm³/mol. The van der Waals surface area contributed by atoms with Gasteiger partial charge < -0.3 is 5.73 Å². The largest absolute Gasteiger partial charge is 0.387 e. The van der Waals surface area contributed by atoms with Crippen molar-refractivity contribution in [1.82, 2.24) is 4.98 Å². The van der Waals surface area contributed by atoms with Crippen molar-refractivity contribution >= 4 is 34.0 Å². The molecule has 0 amide bonds. The third kappa shape index (κ3) is 1.92. The third-order valence-corrected chi connectivity index (χ3v) is 2.32.